The normalized spacial score (nSPS) is 0.889. The molecule has 0 radical (unpaired) electrons. The first-order valence-electron chi connectivity index (χ1n) is 0.494. The Morgan fingerprint density at radius 2 is 0.778 bits per heavy atom. The van der Waals surface area contributed by atoms with Crippen molar-refractivity contribution in [2.75, 3.05) is 0 Å². The molecule has 0 bridgehead atoms. The van der Waals surface area contributed by atoms with Crippen LogP contribution in [0.25, 0.3) is 0 Å². The molecule has 0 amide bonds. The van der Waals surface area contributed by atoms with E-state index < -0.39 is 15.5 Å². The van der Waals surface area contributed by atoms with Gasteiger partial charge in [0.15, 0.2) is 0 Å². The Hall–Kier alpha value is -0.108. The van der Waals surface area contributed by atoms with Crippen LogP contribution >= 0.6 is 0 Å². The fourth-order valence-electron chi connectivity index (χ4n) is 0. The first-order chi connectivity index (χ1) is 1.41. The molecule has 0 saturated heterocycles. The Kier molecular flexibility index (Phi) is 8090. The third kappa shape index (κ3) is 23700. The van der Waals surface area contributed by atoms with Gasteiger partial charge >= 0.3 is 23.4 Å². The quantitative estimate of drug-likeness (QED) is 0.348. The van der Waals surface area contributed by atoms with Gasteiger partial charge in [-0.1, -0.05) is 0 Å². The molecular weight excluding hydrogens is 155 g/mol. The van der Waals surface area contributed by atoms with Gasteiger partial charge < -0.3 is 32.9 Å². The van der Waals surface area contributed by atoms with Crippen molar-refractivity contribution in [1.29, 1.82) is 0 Å². The van der Waals surface area contributed by atoms with Gasteiger partial charge in [0.25, 0.3) is 0 Å². The van der Waals surface area contributed by atoms with Gasteiger partial charge in [-0.15, -0.1) is 0 Å². The third-order valence-electron chi connectivity index (χ3n) is 0. The van der Waals surface area contributed by atoms with E-state index in [1.165, 1.54) is 0 Å². The average molecular weight is 168 g/mol. The molecule has 64 valence electrons. The summed E-state index contributed by atoms with van der Waals surface area (Å²) in [7, 11) is 0. The van der Waals surface area contributed by atoms with Crippen molar-refractivity contribution >= 4 is 15.5 Å². The summed E-state index contributed by atoms with van der Waals surface area (Å²) in [5.74, 6) is 0. The van der Waals surface area contributed by atoms with E-state index in [2.05, 4.69) is 0 Å². The minimum absolute atomic E-state index is 0. The predicted octanol–water partition coefficient (Wildman–Crippen LogP) is -6.00. The molecule has 8 nitrogen and oxygen atoms in total. The molecule has 13 N–H and O–H groups in total. The summed E-state index contributed by atoms with van der Waals surface area (Å²) >= 11 is -1.50. The molecule has 0 fully saturated rings. The summed E-state index contributed by atoms with van der Waals surface area (Å²) in [6.45, 7) is 0. The maximum atomic E-state index is 8.57. The van der Waals surface area contributed by atoms with Crippen molar-refractivity contribution in [3.05, 3.63) is 0 Å². The minimum atomic E-state index is -1.50. The van der Waals surface area contributed by atoms with E-state index in [1.54, 1.807) is 0 Å². The van der Waals surface area contributed by atoms with Crippen LogP contribution in [0.1, 0.15) is 0 Å². The van der Waals surface area contributed by atoms with E-state index in [-0.39, 0.29) is 32.9 Å². The second-order valence-electron chi connectivity index (χ2n) is 0.105. The third-order valence-corrected chi connectivity index (χ3v) is 0. The van der Waals surface area contributed by atoms with Crippen LogP contribution in [0, 0.1) is 0 Å². The molecule has 0 aliphatic rings. The van der Waals surface area contributed by atoms with E-state index in [0.717, 1.165) is 0 Å². The molecule has 0 heterocycles. The van der Waals surface area contributed by atoms with Crippen molar-refractivity contribution < 1.29 is 40.8 Å². The Morgan fingerprint density at radius 1 is 0.778 bits per heavy atom. The second-order valence-corrected chi connectivity index (χ2v) is 0.316. The molecule has 9 heteroatoms. The van der Waals surface area contributed by atoms with Gasteiger partial charge in [-0.05, 0) is 0 Å². The molecule has 0 rings (SSSR count). The number of hydrogen-bond acceptors (Lipinski definition) is 1. The maximum absolute atomic E-state index is 8.57. The average Bonchev–Trinajstić information content (AvgIpc) is 0.918. The molecule has 0 aromatic heterocycles. The van der Waals surface area contributed by atoms with Crippen LogP contribution in [0.3, 0.4) is 0 Å². The van der Waals surface area contributed by atoms with E-state index in [9.17, 15) is 0 Å². The molecule has 0 aromatic rings. The molecular formula is H13AlO8. The molecule has 0 aliphatic heterocycles. The van der Waals surface area contributed by atoms with Crippen LogP contribution in [0.4, 0.5) is 0 Å². The summed E-state index contributed by atoms with van der Waals surface area (Å²) < 4.78 is 15.7. The zero-order chi connectivity index (χ0) is 2.71. The van der Waals surface area contributed by atoms with Crippen LogP contribution in [0.2, 0.25) is 0 Å². The summed E-state index contributed by atoms with van der Waals surface area (Å²) in [6, 6.07) is 0. The predicted molar refractivity (Wildman–Crippen MR) is 30.3 cm³/mol. The van der Waals surface area contributed by atoms with E-state index in [0.29, 0.717) is 0 Å². The Bertz CT molecular complexity index is 12.0. The zero-order valence-electron chi connectivity index (χ0n) is 4.43. The van der Waals surface area contributed by atoms with Crippen molar-refractivity contribution in [2.45, 2.75) is 0 Å². The van der Waals surface area contributed by atoms with Crippen molar-refractivity contribution in [3.8, 4) is 0 Å². The molecule has 0 unspecified atom stereocenters. The van der Waals surface area contributed by atoms with Gasteiger partial charge in [0.2, 0.25) is 0 Å². The Balaban J connectivity index is -0.00000000133. The van der Waals surface area contributed by atoms with Crippen molar-refractivity contribution in [2.24, 2.45) is 0 Å². The van der Waals surface area contributed by atoms with E-state index >= 15 is 0 Å². The molecule has 9 heavy (non-hydrogen) atoms. The molecule has 0 spiro atoms. The first kappa shape index (κ1) is 155. The summed E-state index contributed by atoms with van der Waals surface area (Å²) in [4.78, 5) is 0. The van der Waals surface area contributed by atoms with Crippen LogP contribution in [-0.4, -0.2) is 52.5 Å². The van der Waals surface area contributed by atoms with E-state index in [4.69, 9.17) is 7.96 Å². The molecule has 0 aromatic carbocycles. The first-order valence-corrected chi connectivity index (χ1v) is 1.48. The Morgan fingerprint density at radius 3 is 0.778 bits per heavy atom. The topological polar surface area (TPSA) is 226 Å². The summed E-state index contributed by atoms with van der Waals surface area (Å²) in [5.41, 5.74) is 0. The van der Waals surface area contributed by atoms with E-state index in [1.807, 2.05) is 0 Å². The van der Waals surface area contributed by atoms with Crippen molar-refractivity contribution in [1.82, 2.24) is 0 Å². The van der Waals surface area contributed by atoms with Gasteiger partial charge in [-0.3, -0.25) is 0 Å². The standard InChI is InChI=1S/Al.7H2O.O/h;7*1H2;/q+1;;;;;;;;/p-1. The van der Waals surface area contributed by atoms with Gasteiger partial charge in [0, 0.05) is 0 Å². The zero-order valence-corrected chi connectivity index (χ0v) is 5.59. The molecule has 0 saturated carbocycles. The number of hydrogen-bond donors (Lipinski definition) is 1. The van der Waals surface area contributed by atoms with Gasteiger partial charge in [0.05, 0.1) is 0 Å². The second kappa shape index (κ2) is 471. The van der Waals surface area contributed by atoms with Crippen LogP contribution in [-0.2, 0) is 3.80 Å². The summed E-state index contributed by atoms with van der Waals surface area (Å²) in [5, 5.41) is 0. The van der Waals surface area contributed by atoms with Gasteiger partial charge in [-0.25, -0.2) is 0 Å². The van der Waals surface area contributed by atoms with Gasteiger partial charge in [0.1, 0.15) is 0 Å². The summed E-state index contributed by atoms with van der Waals surface area (Å²) in [6.07, 6.45) is 0. The van der Waals surface area contributed by atoms with Crippen molar-refractivity contribution in [3.63, 3.8) is 0 Å². The number of rotatable bonds is 0. The fourth-order valence-corrected chi connectivity index (χ4v) is 0. The monoisotopic (exact) mass is 168 g/mol. The molecule has 0 atom stereocenters. The van der Waals surface area contributed by atoms with Crippen LogP contribution in [0.5, 0.6) is 0 Å². The van der Waals surface area contributed by atoms with Crippen LogP contribution in [0.15, 0.2) is 0 Å². The molecule has 0 aliphatic carbocycles. The fraction of sp³-hybridized carbons (Fsp3) is 0. The van der Waals surface area contributed by atoms with Crippen LogP contribution < -0.4 is 0 Å². The van der Waals surface area contributed by atoms with Gasteiger partial charge in [-0.2, -0.15) is 0 Å². The Labute approximate surface area is 57.2 Å². The SMILES string of the molecule is O.O.O.O.O.O.[O]=[Al][OH].